The van der Waals surface area contributed by atoms with Gasteiger partial charge in [-0.3, -0.25) is 0 Å². The van der Waals surface area contributed by atoms with Crippen molar-refractivity contribution in [2.75, 3.05) is 13.7 Å². The SMILES string of the molecule is CCNC(Cc1cc(C)cc(C)c1)C(C)OC. The molecule has 1 rings (SSSR count). The summed E-state index contributed by atoms with van der Waals surface area (Å²) >= 11 is 0. The third-order valence-corrected chi connectivity index (χ3v) is 3.14. The van der Waals surface area contributed by atoms with Gasteiger partial charge in [-0.2, -0.15) is 0 Å². The molecule has 0 heterocycles. The van der Waals surface area contributed by atoms with Crippen molar-refractivity contribution in [1.29, 1.82) is 0 Å². The fraction of sp³-hybridized carbons (Fsp3) is 0.600. The maximum Gasteiger partial charge on any atom is 0.0699 e. The Balaban J connectivity index is 2.77. The second-order valence-electron chi connectivity index (χ2n) is 4.81. The largest absolute Gasteiger partial charge is 0.380 e. The van der Waals surface area contributed by atoms with E-state index in [1.54, 1.807) is 7.11 Å². The van der Waals surface area contributed by atoms with E-state index >= 15 is 0 Å². The summed E-state index contributed by atoms with van der Waals surface area (Å²) < 4.78 is 5.44. The van der Waals surface area contributed by atoms with Crippen molar-refractivity contribution >= 4 is 0 Å². The van der Waals surface area contributed by atoms with Crippen LogP contribution >= 0.6 is 0 Å². The van der Waals surface area contributed by atoms with Crippen LogP contribution in [0.15, 0.2) is 18.2 Å². The summed E-state index contributed by atoms with van der Waals surface area (Å²) in [4.78, 5) is 0. The van der Waals surface area contributed by atoms with E-state index in [1.807, 2.05) is 0 Å². The molecule has 1 N–H and O–H groups in total. The van der Waals surface area contributed by atoms with E-state index < -0.39 is 0 Å². The maximum absolute atomic E-state index is 5.44. The highest BCUT2D eigenvalue weighted by Gasteiger charge is 2.16. The molecule has 0 fully saturated rings. The molecule has 0 bridgehead atoms. The van der Waals surface area contributed by atoms with Gasteiger partial charge in [-0.15, -0.1) is 0 Å². The van der Waals surface area contributed by atoms with Crippen LogP contribution < -0.4 is 5.32 Å². The van der Waals surface area contributed by atoms with Gasteiger partial charge in [0.05, 0.1) is 6.10 Å². The lowest BCUT2D eigenvalue weighted by molar-refractivity contribution is 0.0836. The second kappa shape index (κ2) is 6.77. The second-order valence-corrected chi connectivity index (χ2v) is 4.81. The number of ether oxygens (including phenoxy) is 1. The van der Waals surface area contributed by atoms with E-state index in [-0.39, 0.29) is 6.10 Å². The van der Waals surface area contributed by atoms with E-state index in [0.29, 0.717) is 6.04 Å². The first-order valence-electron chi connectivity index (χ1n) is 6.40. The molecule has 0 aliphatic heterocycles. The monoisotopic (exact) mass is 235 g/mol. The zero-order chi connectivity index (χ0) is 12.8. The smallest absolute Gasteiger partial charge is 0.0699 e. The number of aryl methyl sites for hydroxylation is 2. The molecule has 0 spiro atoms. The average molecular weight is 235 g/mol. The van der Waals surface area contributed by atoms with E-state index in [1.165, 1.54) is 16.7 Å². The Labute approximate surface area is 105 Å². The van der Waals surface area contributed by atoms with Gasteiger partial charge in [-0.1, -0.05) is 36.2 Å². The highest BCUT2D eigenvalue weighted by molar-refractivity contribution is 5.29. The summed E-state index contributed by atoms with van der Waals surface area (Å²) in [6.45, 7) is 9.53. The number of nitrogens with one attached hydrogen (secondary N) is 1. The number of benzene rings is 1. The molecule has 17 heavy (non-hydrogen) atoms. The van der Waals surface area contributed by atoms with Crippen LogP contribution in [-0.2, 0) is 11.2 Å². The topological polar surface area (TPSA) is 21.3 Å². The lowest BCUT2D eigenvalue weighted by Crippen LogP contribution is -2.41. The highest BCUT2D eigenvalue weighted by Crippen LogP contribution is 2.13. The number of likely N-dealkylation sites (N-methyl/N-ethyl adjacent to an activating group) is 1. The molecular weight excluding hydrogens is 210 g/mol. The van der Waals surface area contributed by atoms with Crippen LogP contribution in [0.2, 0.25) is 0 Å². The minimum atomic E-state index is 0.232. The minimum Gasteiger partial charge on any atom is -0.380 e. The molecule has 2 atom stereocenters. The zero-order valence-corrected chi connectivity index (χ0v) is 11.7. The molecule has 0 saturated heterocycles. The molecule has 0 saturated carbocycles. The van der Waals surface area contributed by atoms with Crippen LogP contribution in [0.1, 0.15) is 30.5 Å². The fourth-order valence-electron chi connectivity index (χ4n) is 2.27. The summed E-state index contributed by atoms with van der Waals surface area (Å²) in [5.41, 5.74) is 4.05. The number of hydrogen-bond acceptors (Lipinski definition) is 2. The van der Waals surface area contributed by atoms with Crippen molar-refractivity contribution < 1.29 is 4.74 Å². The van der Waals surface area contributed by atoms with Crippen LogP contribution in [0, 0.1) is 13.8 Å². The predicted molar refractivity (Wildman–Crippen MR) is 73.6 cm³/mol. The molecule has 0 aromatic heterocycles. The van der Waals surface area contributed by atoms with E-state index in [2.05, 4.69) is 51.2 Å². The molecule has 96 valence electrons. The quantitative estimate of drug-likeness (QED) is 0.818. The first-order valence-corrected chi connectivity index (χ1v) is 6.40. The summed E-state index contributed by atoms with van der Waals surface area (Å²) in [5, 5.41) is 3.50. The lowest BCUT2D eigenvalue weighted by Gasteiger charge is -2.24. The molecule has 2 unspecified atom stereocenters. The van der Waals surface area contributed by atoms with Crippen molar-refractivity contribution in [1.82, 2.24) is 5.32 Å². The van der Waals surface area contributed by atoms with Crippen LogP contribution in [0.5, 0.6) is 0 Å². The van der Waals surface area contributed by atoms with Crippen LogP contribution in [-0.4, -0.2) is 25.8 Å². The van der Waals surface area contributed by atoms with E-state index in [4.69, 9.17) is 4.74 Å². The van der Waals surface area contributed by atoms with E-state index in [0.717, 1.165) is 13.0 Å². The van der Waals surface area contributed by atoms with Gasteiger partial charge in [0.1, 0.15) is 0 Å². The first kappa shape index (κ1) is 14.2. The van der Waals surface area contributed by atoms with E-state index in [9.17, 15) is 0 Å². The van der Waals surface area contributed by atoms with Gasteiger partial charge in [0.25, 0.3) is 0 Å². The molecule has 1 aromatic rings. The summed E-state index contributed by atoms with van der Waals surface area (Å²) in [6.07, 6.45) is 1.25. The molecule has 2 heteroatoms. The maximum atomic E-state index is 5.44. The van der Waals surface area contributed by atoms with Crippen LogP contribution in [0.25, 0.3) is 0 Å². The van der Waals surface area contributed by atoms with Crippen molar-refractivity contribution in [3.05, 3.63) is 34.9 Å². The third kappa shape index (κ3) is 4.49. The van der Waals surface area contributed by atoms with Crippen molar-refractivity contribution in [3.63, 3.8) is 0 Å². The molecule has 0 aliphatic carbocycles. The van der Waals surface area contributed by atoms with Crippen molar-refractivity contribution in [2.45, 2.75) is 46.3 Å². The normalized spacial score (nSPS) is 14.6. The summed E-state index contributed by atoms with van der Waals surface area (Å²) in [6, 6.07) is 7.12. The Morgan fingerprint density at radius 3 is 2.24 bits per heavy atom. The Morgan fingerprint density at radius 2 is 1.76 bits per heavy atom. The molecular formula is C15H25NO. The summed E-state index contributed by atoms with van der Waals surface area (Å²) in [5.74, 6) is 0. The Bertz CT molecular complexity index is 329. The van der Waals surface area contributed by atoms with Gasteiger partial charge in [-0.05, 0) is 39.3 Å². The van der Waals surface area contributed by atoms with Gasteiger partial charge in [-0.25, -0.2) is 0 Å². The molecule has 0 amide bonds. The standard InChI is InChI=1S/C15H25NO/c1-6-16-15(13(4)17-5)10-14-8-11(2)7-12(3)9-14/h7-9,13,15-16H,6,10H2,1-5H3. The van der Waals surface area contributed by atoms with Gasteiger partial charge in [0, 0.05) is 13.2 Å². The lowest BCUT2D eigenvalue weighted by atomic mass is 9.98. The minimum absolute atomic E-state index is 0.232. The highest BCUT2D eigenvalue weighted by atomic mass is 16.5. The van der Waals surface area contributed by atoms with Gasteiger partial charge in [0.2, 0.25) is 0 Å². The van der Waals surface area contributed by atoms with Crippen LogP contribution in [0.4, 0.5) is 0 Å². The summed E-state index contributed by atoms with van der Waals surface area (Å²) in [7, 11) is 1.77. The molecule has 1 aromatic carbocycles. The van der Waals surface area contributed by atoms with Crippen molar-refractivity contribution in [2.24, 2.45) is 0 Å². The third-order valence-electron chi connectivity index (χ3n) is 3.14. The van der Waals surface area contributed by atoms with Crippen LogP contribution in [0.3, 0.4) is 0 Å². The van der Waals surface area contributed by atoms with Gasteiger partial charge >= 0.3 is 0 Å². The Morgan fingerprint density at radius 1 is 1.18 bits per heavy atom. The Kier molecular flexibility index (Phi) is 5.66. The van der Waals surface area contributed by atoms with Gasteiger partial charge < -0.3 is 10.1 Å². The number of hydrogen-bond donors (Lipinski definition) is 1. The fourth-order valence-corrected chi connectivity index (χ4v) is 2.27. The van der Waals surface area contributed by atoms with Gasteiger partial charge in [0.15, 0.2) is 0 Å². The zero-order valence-electron chi connectivity index (χ0n) is 11.7. The number of methoxy groups -OCH3 is 1. The van der Waals surface area contributed by atoms with Crippen molar-refractivity contribution in [3.8, 4) is 0 Å². The molecule has 0 radical (unpaired) electrons. The number of rotatable bonds is 6. The Hall–Kier alpha value is -0.860. The first-order chi connectivity index (χ1) is 8.06. The average Bonchev–Trinajstić information content (AvgIpc) is 2.26. The predicted octanol–water partition coefficient (Wildman–Crippen LogP) is 2.86. The molecule has 2 nitrogen and oxygen atoms in total. The molecule has 0 aliphatic rings.